The second kappa shape index (κ2) is 6.01. The van der Waals surface area contributed by atoms with E-state index in [-0.39, 0.29) is 17.5 Å². The van der Waals surface area contributed by atoms with Crippen LogP contribution in [0.5, 0.6) is 0 Å². The van der Waals surface area contributed by atoms with E-state index < -0.39 is 9.84 Å². The van der Waals surface area contributed by atoms with Gasteiger partial charge in [-0.3, -0.25) is 4.68 Å². The van der Waals surface area contributed by atoms with Gasteiger partial charge >= 0.3 is 0 Å². The molecule has 1 saturated heterocycles. The van der Waals surface area contributed by atoms with Gasteiger partial charge in [0.15, 0.2) is 9.84 Å². The maximum Gasteiger partial charge on any atom is 0.152 e. The summed E-state index contributed by atoms with van der Waals surface area (Å²) in [5.74, 6) is 0.503. The summed E-state index contributed by atoms with van der Waals surface area (Å²) < 4.78 is 25.0. The molecular weight excluding hydrogens is 322 g/mol. The molecule has 1 aromatic carbocycles. The number of benzene rings is 1. The van der Waals surface area contributed by atoms with Crippen molar-refractivity contribution in [1.29, 1.82) is 0 Å². The van der Waals surface area contributed by atoms with Gasteiger partial charge in [-0.15, -0.1) is 0 Å². The van der Waals surface area contributed by atoms with Gasteiger partial charge in [-0.1, -0.05) is 30.3 Å². The first-order valence-corrected chi connectivity index (χ1v) is 10.4. The highest BCUT2D eigenvalue weighted by atomic mass is 32.2. The molecule has 5 nitrogen and oxygen atoms in total. The van der Waals surface area contributed by atoms with Crippen LogP contribution in [0.3, 0.4) is 0 Å². The molecule has 2 heterocycles. The molecule has 1 aromatic heterocycles. The van der Waals surface area contributed by atoms with Gasteiger partial charge in [0.2, 0.25) is 0 Å². The predicted molar refractivity (Wildman–Crippen MR) is 93.6 cm³/mol. The Balaban J connectivity index is 1.33. The van der Waals surface area contributed by atoms with Gasteiger partial charge in [-0.25, -0.2) is 8.42 Å². The van der Waals surface area contributed by atoms with Crippen LogP contribution < -0.4 is 5.32 Å². The second-order valence-electron chi connectivity index (χ2n) is 7.14. The minimum Gasteiger partial charge on any atom is -0.312 e. The Kier molecular flexibility index (Phi) is 3.96. The Bertz CT molecular complexity index is 810. The smallest absolute Gasteiger partial charge is 0.152 e. The average Bonchev–Trinajstić information content (AvgIpc) is 3.05. The molecule has 0 unspecified atom stereocenters. The lowest BCUT2D eigenvalue weighted by atomic mass is 9.96. The van der Waals surface area contributed by atoms with Crippen LogP contribution in [-0.2, 0) is 21.8 Å². The quantitative estimate of drug-likeness (QED) is 0.870. The zero-order chi connectivity index (χ0) is 16.6. The molecule has 0 spiro atoms. The van der Waals surface area contributed by atoms with Crippen LogP contribution in [0.25, 0.3) is 0 Å². The fraction of sp³-hybridized carbons (Fsp3) is 0.500. The number of rotatable bonds is 6. The van der Waals surface area contributed by atoms with E-state index in [0.29, 0.717) is 11.8 Å². The lowest BCUT2D eigenvalue weighted by Gasteiger charge is -2.16. The van der Waals surface area contributed by atoms with Gasteiger partial charge in [0.05, 0.1) is 23.7 Å². The third-order valence-electron chi connectivity index (χ3n) is 5.27. The van der Waals surface area contributed by atoms with E-state index in [1.165, 1.54) is 18.4 Å². The van der Waals surface area contributed by atoms with Gasteiger partial charge in [0, 0.05) is 30.3 Å². The molecule has 6 heteroatoms. The van der Waals surface area contributed by atoms with E-state index in [9.17, 15) is 8.42 Å². The number of sulfone groups is 1. The van der Waals surface area contributed by atoms with E-state index in [2.05, 4.69) is 40.7 Å². The first-order valence-electron chi connectivity index (χ1n) is 8.56. The normalized spacial score (nSPS) is 24.1. The van der Waals surface area contributed by atoms with Crippen LogP contribution in [0, 0.1) is 0 Å². The van der Waals surface area contributed by atoms with Crippen molar-refractivity contribution < 1.29 is 8.42 Å². The molecular formula is C18H23N3O2S. The minimum atomic E-state index is -2.87. The van der Waals surface area contributed by atoms with Crippen molar-refractivity contribution in [2.24, 2.45) is 0 Å². The van der Waals surface area contributed by atoms with E-state index >= 15 is 0 Å². The highest BCUT2D eigenvalue weighted by Gasteiger charge is 2.43. The van der Waals surface area contributed by atoms with Crippen molar-refractivity contribution in [2.45, 2.75) is 37.3 Å². The Morgan fingerprint density at radius 2 is 2.04 bits per heavy atom. The van der Waals surface area contributed by atoms with Gasteiger partial charge in [-0.2, -0.15) is 5.10 Å². The lowest BCUT2D eigenvalue weighted by molar-refractivity contribution is 0.498. The van der Waals surface area contributed by atoms with E-state index in [0.717, 1.165) is 18.7 Å². The van der Waals surface area contributed by atoms with Crippen molar-refractivity contribution in [3.8, 4) is 0 Å². The average molecular weight is 345 g/mol. The van der Waals surface area contributed by atoms with Crippen LogP contribution >= 0.6 is 0 Å². The van der Waals surface area contributed by atoms with Crippen LogP contribution in [0.15, 0.2) is 42.7 Å². The maximum atomic E-state index is 11.6. The topological polar surface area (TPSA) is 64.0 Å². The fourth-order valence-corrected chi connectivity index (χ4v) is 5.31. The maximum absolute atomic E-state index is 11.6. The fourth-order valence-electron chi connectivity index (χ4n) is 3.61. The molecule has 1 aliphatic heterocycles. The van der Waals surface area contributed by atoms with Crippen LogP contribution in [0.1, 0.15) is 36.4 Å². The van der Waals surface area contributed by atoms with Crippen LogP contribution in [0.2, 0.25) is 0 Å². The van der Waals surface area contributed by atoms with Gasteiger partial charge < -0.3 is 5.32 Å². The molecule has 1 N–H and O–H groups in total. The molecule has 0 bridgehead atoms. The molecule has 2 aliphatic rings. The highest BCUT2D eigenvalue weighted by Crippen LogP contribution is 2.47. The minimum absolute atomic E-state index is 0.00263. The Labute approximate surface area is 143 Å². The molecule has 24 heavy (non-hydrogen) atoms. The van der Waals surface area contributed by atoms with Crippen LogP contribution in [0.4, 0.5) is 0 Å². The Morgan fingerprint density at radius 1 is 1.25 bits per heavy atom. The summed E-state index contributed by atoms with van der Waals surface area (Å²) >= 11 is 0. The molecule has 4 rings (SSSR count). The molecule has 1 atom stereocenters. The van der Waals surface area contributed by atoms with E-state index in [1.807, 2.05) is 17.1 Å². The van der Waals surface area contributed by atoms with Crippen molar-refractivity contribution >= 4 is 9.84 Å². The third-order valence-corrected chi connectivity index (χ3v) is 7.02. The predicted octanol–water partition coefficient (Wildman–Crippen LogP) is 2.06. The summed E-state index contributed by atoms with van der Waals surface area (Å²) in [7, 11) is -2.87. The SMILES string of the molecule is O=S1(=O)CC[C@H](n2cc(CNCC3(c4ccccc4)CC3)cn2)C1. The molecule has 2 aromatic rings. The number of nitrogens with one attached hydrogen (secondary N) is 1. The Morgan fingerprint density at radius 3 is 2.71 bits per heavy atom. The number of hydrogen-bond acceptors (Lipinski definition) is 4. The zero-order valence-electron chi connectivity index (χ0n) is 13.7. The molecule has 1 aliphatic carbocycles. The van der Waals surface area contributed by atoms with Crippen molar-refractivity contribution in [3.05, 3.63) is 53.9 Å². The molecule has 0 amide bonds. The number of aromatic nitrogens is 2. The largest absolute Gasteiger partial charge is 0.312 e. The first kappa shape index (κ1) is 15.8. The summed E-state index contributed by atoms with van der Waals surface area (Å²) in [5.41, 5.74) is 2.84. The first-order chi connectivity index (χ1) is 11.6. The van der Waals surface area contributed by atoms with E-state index in [4.69, 9.17) is 0 Å². The van der Waals surface area contributed by atoms with Gasteiger partial charge in [0.25, 0.3) is 0 Å². The highest BCUT2D eigenvalue weighted by molar-refractivity contribution is 7.91. The van der Waals surface area contributed by atoms with Crippen molar-refractivity contribution in [1.82, 2.24) is 15.1 Å². The summed E-state index contributed by atoms with van der Waals surface area (Å²) in [4.78, 5) is 0. The Hall–Kier alpha value is -1.66. The lowest BCUT2D eigenvalue weighted by Crippen LogP contribution is -2.26. The number of nitrogens with zero attached hydrogens (tertiary/aromatic N) is 2. The monoisotopic (exact) mass is 345 g/mol. The third kappa shape index (κ3) is 3.26. The second-order valence-corrected chi connectivity index (χ2v) is 9.36. The van der Waals surface area contributed by atoms with Crippen LogP contribution in [-0.4, -0.2) is 36.2 Å². The van der Waals surface area contributed by atoms with Gasteiger partial charge in [-0.05, 0) is 24.8 Å². The molecule has 128 valence electrons. The molecule has 1 saturated carbocycles. The van der Waals surface area contributed by atoms with E-state index in [1.54, 1.807) is 0 Å². The number of hydrogen-bond donors (Lipinski definition) is 1. The zero-order valence-corrected chi connectivity index (χ0v) is 14.5. The van der Waals surface area contributed by atoms with Crippen molar-refractivity contribution in [2.75, 3.05) is 18.1 Å². The summed E-state index contributed by atoms with van der Waals surface area (Å²) in [6, 6.07) is 10.7. The van der Waals surface area contributed by atoms with Gasteiger partial charge in [0.1, 0.15) is 0 Å². The summed E-state index contributed by atoms with van der Waals surface area (Å²) in [6.07, 6.45) is 6.99. The molecule has 0 radical (unpaired) electrons. The van der Waals surface area contributed by atoms with Crippen molar-refractivity contribution in [3.63, 3.8) is 0 Å². The summed E-state index contributed by atoms with van der Waals surface area (Å²) in [5, 5.41) is 7.92. The molecule has 2 fully saturated rings. The standard InChI is InChI=1S/C18H23N3O2S/c22-24(23)9-6-17(13-24)21-12-15(11-20-21)10-19-14-18(7-8-18)16-4-2-1-3-5-16/h1-5,11-12,17,19H,6-10,13-14H2/t17-/m0/s1. The summed E-state index contributed by atoms with van der Waals surface area (Å²) in [6.45, 7) is 1.74.